The minimum Gasteiger partial charge on any atom is -0.323 e. The highest BCUT2D eigenvalue weighted by Gasteiger charge is 2.28. The topological polar surface area (TPSA) is 59.6 Å². The van der Waals surface area contributed by atoms with Gasteiger partial charge in [-0.1, -0.05) is 18.2 Å². The maximum absolute atomic E-state index is 13.0. The predicted octanol–water partition coefficient (Wildman–Crippen LogP) is 1.86. The number of benzene rings is 1. The fraction of sp³-hybridized carbons (Fsp3) is 0.278. The number of carbonyl (C=O) groups excluding carboxylic acids is 1. The lowest BCUT2D eigenvalue weighted by molar-refractivity contribution is -0.119. The Balaban J connectivity index is 1.69. The number of nitrogens with zero attached hydrogens (tertiary/aromatic N) is 4. The number of aromatic nitrogens is 3. The lowest BCUT2D eigenvalue weighted by Crippen LogP contribution is -2.43. The highest BCUT2D eigenvalue weighted by atomic mass is 16.2. The molecule has 3 aromatic rings. The van der Waals surface area contributed by atoms with Crippen molar-refractivity contribution in [2.45, 2.75) is 32.4 Å². The Morgan fingerprint density at radius 1 is 1.25 bits per heavy atom. The van der Waals surface area contributed by atoms with Crippen LogP contribution in [-0.4, -0.2) is 25.9 Å². The summed E-state index contributed by atoms with van der Waals surface area (Å²) in [7, 11) is 0. The highest BCUT2D eigenvalue weighted by molar-refractivity contribution is 5.95. The molecule has 4 rings (SSSR count). The molecule has 1 aromatic carbocycles. The van der Waals surface area contributed by atoms with E-state index < -0.39 is 0 Å². The smallest absolute Gasteiger partial charge is 0.323 e. The van der Waals surface area contributed by atoms with Crippen molar-refractivity contribution in [3.8, 4) is 0 Å². The number of hydrogen-bond acceptors (Lipinski definition) is 3. The summed E-state index contributed by atoms with van der Waals surface area (Å²) in [5.74, 6) is 0.0250. The zero-order chi connectivity index (χ0) is 16.7. The van der Waals surface area contributed by atoms with Gasteiger partial charge in [-0.15, -0.1) is 0 Å². The molecule has 0 N–H and O–H groups in total. The number of carbonyl (C=O) groups is 1. The van der Waals surface area contributed by atoms with E-state index in [2.05, 4.69) is 18.0 Å². The molecule has 6 nitrogen and oxygen atoms in total. The van der Waals surface area contributed by atoms with Gasteiger partial charge in [0, 0.05) is 30.3 Å². The van der Waals surface area contributed by atoms with Crippen molar-refractivity contribution in [2.75, 3.05) is 4.90 Å². The first kappa shape index (κ1) is 14.7. The normalized spacial score (nSPS) is 17.0. The van der Waals surface area contributed by atoms with Gasteiger partial charge < -0.3 is 9.47 Å². The average Bonchev–Trinajstić information content (AvgIpc) is 2.99. The van der Waals surface area contributed by atoms with Gasteiger partial charge in [-0.3, -0.25) is 9.20 Å². The third-order valence-electron chi connectivity index (χ3n) is 4.65. The van der Waals surface area contributed by atoms with Gasteiger partial charge in [0.1, 0.15) is 12.2 Å². The predicted molar refractivity (Wildman–Crippen MR) is 91.2 cm³/mol. The number of anilines is 1. The Morgan fingerprint density at radius 2 is 2.08 bits per heavy atom. The standard InChI is InChI=1S/C18H18N4O2/c1-13-6-7-14-4-2-3-5-15(14)22(13)17(23)12-20-10-11-21-16(20)8-9-19-18(21)24/h2-5,8-11,13H,6-7,12H2,1H3. The van der Waals surface area contributed by atoms with Crippen LogP contribution in [0.25, 0.3) is 5.65 Å². The molecule has 1 atom stereocenters. The first-order valence-corrected chi connectivity index (χ1v) is 8.07. The van der Waals surface area contributed by atoms with Gasteiger partial charge in [-0.2, -0.15) is 0 Å². The van der Waals surface area contributed by atoms with Gasteiger partial charge in [-0.25, -0.2) is 9.78 Å². The highest BCUT2D eigenvalue weighted by Crippen LogP contribution is 2.30. The Bertz CT molecular complexity index is 972. The first-order valence-electron chi connectivity index (χ1n) is 8.07. The van der Waals surface area contributed by atoms with Crippen molar-refractivity contribution in [3.63, 3.8) is 0 Å². The first-order chi connectivity index (χ1) is 11.6. The third-order valence-corrected chi connectivity index (χ3v) is 4.65. The summed E-state index contributed by atoms with van der Waals surface area (Å²) in [5, 5.41) is 0. The third kappa shape index (κ3) is 2.31. The molecule has 2 aromatic heterocycles. The van der Waals surface area contributed by atoms with E-state index in [4.69, 9.17) is 0 Å². The van der Waals surface area contributed by atoms with Crippen LogP contribution in [0.1, 0.15) is 18.9 Å². The number of fused-ring (bicyclic) bond motifs is 2. The van der Waals surface area contributed by atoms with Crippen molar-refractivity contribution in [2.24, 2.45) is 0 Å². The van der Waals surface area contributed by atoms with E-state index in [1.54, 1.807) is 23.0 Å². The number of aryl methyl sites for hydroxylation is 1. The largest absolute Gasteiger partial charge is 0.353 e. The van der Waals surface area contributed by atoms with Gasteiger partial charge in [0.15, 0.2) is 0 Å². The van der Waals surface area contributed by atoms with Gasteiger partial charge in [-0.05, 0) is 37.5 Å². The Morgan fingerprint density at radius 3 is 2.96 bits per heavy atom. The summed E-state index contributed by atoms with van der Waals surface area (Å²) in [4.78, 5) is 30.3. The van der Waals surface area contributed by atoms with Crippen LogP contribution in [0.2, 0.25) is 0 Å². The summed E-state index contributed by atoms with van der Waals surface area (Å²) in [5.41, 5.74) is 2.54. The van der Waals surface area contributed by atoms with Crippen molar-refractivity contribution in [1.29, 1.82) is 0 Å². The molecule has 0 spiro atoms. The number of imidazole rings is 1. The van der Waals surface area contributed by atoms with E-state index in [0.29, 0.717) is 5.65 Å². The van der Waals surface area contributed by atoms with Crippen molar-refractivity contribution in [3.05, 3.63) is 65.0 Å². The number of amides is 1. The molecular weight excluding hydrogens is 304 g/mol. The van der Waals surface area contributed by atoms with Crippen LogP contribution in [0.3, 0.4) is 0 Å². The van der Waals surface area contributed by atoms with Crippen molar-refractivity contribution >= 4 is 17.2 Å². The number of rotatable bonds is 2. The van der Waals surface area contributed by atoms with Gasteiger partial charge in [0.25, 0.3) is 0 Å². The molecule has 0 bridgehead atoms. The molecule has 1 aliphatic heterocycles. The summed E-state index contributed by atoms with van der Waals surface area (Å²) in [6, 6.07) is 9.97. The fourth-order valence-corrected chi connectivity index (χ4v) is 3.43. The van der Waals surface area contributed by atoms with Crippen LogP contribution in [0, 0.1) is 0 Å². The van der Waals surface area contributed by atoms with Crippen molar-refractivity contribution < 1.29 is 4.79 Å². The van der Waals surface area contributed by atoms with Crippen LogP contribution >= 0.6 is 0 Å². The lowest BCUT2D eigenvalue weighted by atomic mass is 9.96. The van der Waals surface area contributed by atoms with Crippen LogP contribution in [0.4, 0.5) is 5.69 Å². The molecule has 0 saturated carbocycles. The molecule has 0 saturated heterocycles. The summed E-state index contributed by atoms with van der Waals surface area (Å²) in [6.07, 6.45) is 6.81. The molecule has 122 valence electrons. The van der Waals surface area contributed by atoms with E-state index in [1.165, 1.54) is 16.2 Å². The van der Waals surface area contributed by atoms with E-state index in [0.717, 1.165) is 18.5 Å². The summed E-state index contributed by atoms with van der Waals surface area (Å²) < 4.78 is 3.23. The minimum atomic E-state index is -0.338. The quantitative estimate of drug-likeness (QED) is 0.723. The molecule has 0 fully saturated rings. The molecule has 1 unspecified atom stereocenters. The van der Waals surface area contributed by atoms with Crippen LogP contribution in [-0.2, 0) is 17.8 Å². The zero-order valence-electron chi connectivity index (χ0n) is 13.4. The molecule has 0 radical (unpaired) electrons. The summed E-state index contributed by atoms with van der Waals surface area (Å²) >= 11 is 0. The average molecular weight is 322 g/mol. The van der Waals surface area contributed by atoms with E-state index in [1.807, 2.05) is 23.1 Å². The lowest BCUT2D eigenvalue weighted by Gasteiger charge is -2.35. The molecule has 3 heterocycles. The van der Waals surface area contributed by atoms with Gasteiger partial charge >= 0.3 is 5.69 Å². The second-order valence-corrected chi connectivity index (χ2v) is 6.16. The Hall–Kier alpha value is -2.89. The molecular formula is C18H18N4O2. The van der Waals surface area contributed by atoms with Crippen LogP contribution in [0.5, 0.6) is 0 Å². The molecule has 1 amide bonds. The van der Waals surface area contributed by atoms with E-state index >= 15 is 0 Å². The number of hydrogen-bond donors (Lipinski definition) is 0. The molecule has 6 heteroatoms. The molecule has 0 aliphatic carbocycles. The maximum atomic E-state index is 13.0. The molecule has 1 aliphatic rings. The number of para-hydroxylation sites is 1. The SMILES string of the molecule is CC1CCc2ccccc2N1C(=O)Cn1ccn2c(=O)nccc12. The van der Waals surface area contributed by atoms with Gasteiger partial charge in [0.05, 0.1) is 0 Å². The Kier molecular flexibility index (Phi) is 3.45. The molecule has 24 heavy (non-hydrogen) atoms. The van der Waals surface area contributed by atoms with Crippen LogP contribution < -0.4 is 10.6 Å². The zero-order valence-corrected chi connectivity index (χ0v) is 13.4. The summed E-state index contributed by atoms with van der Waals surface area (Å²) in [6.45, 7) is 2.27. The Labute approximate surface area is 139 Å². The van der Waals surface area contributed by atoms with E-state index in [-0.39, 0.29) is 24.2 Å². The van der Waals surface area contributed by atoms with Gasteiger partial charge in [0.2, 0.25) is 5.91 Å². The monoisotopic (exact) mass is 322 g/mol. The maximum Gasteiger partial charge on any atom is 0.353 e. The minimum absolute atomic E-state index is 0.0250. The van der Waals surface area contributed by atoms with E-state index in [9.17, 15) is 9.59 Å². The van der Waals surface area contributed by atoms with Crippen LogP contribution in [0.15, 0.2) is 53.7 Å². The second-order valence-electron chi connectivity index (χ2n) is 6.16. The second kappa shape index (κ2) is 5.63. The fourth-order valence-electron chi connectivity index (χ4n) is 3.43. The van der Waals surface area contributed by atoms with Crippen molar-refractivity contribution in [1.82, 2.24) is 14.0 Å².